The van der Waals surface area contributed by atoms with Crippen LogP contribution >= 0.6 is 10.7 Å². The van der Waals surface area contributed by atoms with Gasteiger partial charge in [0.15, 0.2) is 0 Å². The van der Waals surface area contributed by atoms with Crippen LogP contribution in [0.3, 0.4) is 0 Å². The summed E-state index contributed by atoms with van der Waals surface area (Å²) in [4.78, 5) is 0. The van der Waals surface area contributed by atoms with Crippen molar-refractivity contribution in [3.8, 4) is 0 Å². The second-order valence-corrected chi connectivity index (χ2v) is 8.50. The lowest BCUT2D eigenvalue weighted by Crippen LogP contribution is -2.18. The Hall–Kier alpha value is 0.240. The Morgan fingerprint density at radius 1 is 1.29 bits per heavy atom. The Morgan fingerprint density at radius 3 is 2.07 bits per heavy atom. The summed E-state index contributed by atoms with van der Waals surface area (Å²) in [6.07, 6.45) is 4.25. The quantitative estimate of drug-likeness (QED) is 0.705. The Kier molecular flexibility index (Phi) is 3.23. The van der Waals surface area contributed by atoms with Crippen LogP contribution < -0.4 is 0 Å². The molecular weight excluding hydrogens is 220 g/mol. The van der Waals surface area contributed by atoms with Gasteiger partial charge in [0.05, 0.1) is 4.75 Å². The minimum atomic E-state index is -3.34. The summed E-state index contributed by atoms with van der Waals surface area (Å²) in [7, 11) is 2.07. The summed E-state index contributed by atoms with van der Waals surface area (Å²) in [6, 6.07) is 0. The van der Waals surface area contributed by atoms with Gasteiger partial charge in [0, 0.05) is 10.7 Å². The third-order valence-electron chi connectivity index (χ3n) is 2.88. The number of hydrogen-bond donors (Lipinski definition) is 0. The number of halogens is 1. The summed E-state index contributed by atoms with van der Waals surface area (Å²) in [5.41, 5.74) is 0.284. The topological polar surface area (TPSA) is 34.1 Å². The molecule has 0 heterocycles. The molecule has 84 valence electrons. The SMILES string of the molecule is CC(C)(C)CCCC1(S(=O)(=O)Cl)CC1. The third-order valence-corrected chi connectivity index (χ3v) is 5.51. The average Bonchev–Trinajstić information content (AvgIpc) is 2.63. The van der Waals surface area contributed by atoms with Crippen LogP contribution in [0.4, 0.5) is 0 Å². The molecule has 0 unspecified atom stereocenters. The van der Waals surface area contributed by atoms with E-state index in [2.05, 4.69) is 20.8 Å². The second-order valence-electron chi connectivity index (χ2n) is 5.54. The lowest BCUT2D eigenvalue weighted by Gasteiger charge is -2.19. The number of rotatable bonds is 4. The summed E-state index contributed by atoms with van der Waals surface area (Å²) < 4.78 is 21.9. The second kappa shape index (κ2) is 3.67. The molecule has 0 bridgehead atoms. The van der Waals surface area contributed by atoms with Crippen LogP contribution in [-0.2, 0) is 9.05 Å². The third kappa shape index (κ3) is 3.13. The predicted octanol–water partition coefficient (Wildman–Crippen LogP) is 3.30. The smallest absolute Gasteiger partial charge is 0.212 e. The van der Waals surface area contributed by atoms with Crippen molar-refractivity contribution < 1.29 is 8.42 Å². The lowest BCUT2D eigenvalue weighted by atomic mass is 9.89. The van der Waals surface area contributed by atoms with E-state index in [0.717, 1.165) is 32.1 Å². The number of hydrogen-bond acceptors (Lipinski definition) is 2. The predicted molar refractivity (Wildman–Crippen MR) is 60.0 cm³/mol. The minimum absolute atomic E-state index is 0.284. The summed E-state index contributed by atoms with van der Waals surface area (Å²) in [6.45, 7) is 6.51. The van der Waals surface area contributed by atoms with E-state index in [4.69, 9.17) is 10.7 Å². The van der Waals surface area contributed by atoms with E-state index in [0.29, 0.717) is 0 Å². The van der Waals surface area contributed by atoms with Gasteiger partial charge in [0.1, 0.15) is 0 Å². The average molecular weight is 239 g/mol. The Balaban J connectivity index is 2.40. The van der Waals surface area contributed by atoms with Crippen LogP contribution in [-0.4, -0.2) is 13.2 Å². The van der Waals surface area contributed by atoms with Gasteiger partial charge in [-0.3, -0.25) is 0 Å². The van der Waals surface area contributed by atoms with Gasteiger partial charge in [0.25, 0.3) is 0 Å². The highest BCUT2D eigenvalue weighted by Gasteiger charge is 2.53. The summed E-state index contributed by atoms with van der Waals surface area (Å²) in [5.74, 6) is 0. The monoisotopic (exact) mass is 238 g/mol. The zero-order valence-corrected chi connectivity index (χ0v) is 10.7. The van der Waals surface area contributed by atoms with E-state index >= 15 is 0 Å². The van der Waals surface area contributed by atoms with Crippen molar-refractivity contribution in [3.63, 3.8) is 0 Å². The van der Waals surface area contributed by atoms with Crippen molar-refractivity contribution in [3.05, 3.63) is 0 Å². The van der Waals surface area contributed by atoms with Crippen LogP contribution in [0.15, 0.2) is 0 Å². The van der Waals surface area contributed by atoms with Crippen molar-refractivity contribution in [2.24, 2.45) is 5.41 Å². The van der Waals surface area contributed by atoms with Gasteiger partial charge in [-0.05, 0) is 31.1 Å². The van der Waals surface area contributed by atoms with Gasteiger partial charge >= 0.3 is 0 Å². The molecule has 1 aliphatic carbocycles. The van der Waals surface area contributed by atoms with Crippen molar-refractivity contribution in [2.45, 2.75) is 57.6 Å². The molecule has 1 aliphatic rings. The van der Waals surface area contributed by atoms with Crippen LogP contribution in [0.1, 0.15) is 52.9 Å². The fourth-order valence-electron chi connectivity index (χ4n) is 1.70. The molecule has 0 radical (unpaired) electrons. The van der Waals surface area contributed by atoms with E-state index in [1.807, 2.05) is 0 Å². The maximum atomic E-state index is 11.2. The highest BCUT2D eigenvalue weighted by molar-refractivity contribution is 8.15. The molecule has 0 atom stereocenters. The first-order valence-electron chi connectivity index (χ1n) is 5.11. The van der Waals surface area contributed by atoms with Crippen LogP contribution in [0.2, 0.25) is 0 Å². The molecule has 2 nitrogen and oxygen atoms in total. The first kappa shape index (κ1) is 12.3. The molecule has 0 amide bonds. The first-order valence-corrected chi connectivity index (χ1v) is 7.42. The van der Waals surface area contributed by atoms with Gasteiger partial charge in [-0.15, -0.1) is 0 Å². The van der Waals surface area contributed by atoms with Crippen LogP contribution in [0, 0.1) is 5.41 Å². The zero-order chi connectivity index (χ0) is 11.0. The van der Waals surface area contributed by atoms with Crippen LogP contribution in [0.25, 0.3) is 0 Å². The Morgan fingerprint density at radius 2 is 1.79 bits per heavy atom. The molecule has 1 saturated carbocycles. The van der Waals surface area contributed by atoms with Gasteiger partial charge in [-0.1, -0.05) is 27.2 Å². The van der Waals surface area contributed by atoms with Crippen molar-refractivity contribution >= 4 is 19.7 Å². The molecule has 0 aromatic carbocycles. The molecule has 0 spiro atoms. The molecule has 1 fully saturated rings. The van der Waals surface area contributed by atoms with E-state index in [1.54, 1.807) is 0 Å². The fraction of sp³-hybridized carbons (Fsp3) is 1.00. The molecule has 4 heteroatoms. The molecule has 0 N–H and O–H groups in total. The van der Waals surface area contributed by atoms with Crippen molar-refractivity contribution in [2.75, 3.05) is 0 Å². The molecule has 14 heavy (non-hydrogen) atoms. The van der Waals surface area contributed by atoms with Crippen LogP contribution in [0.5, 0.6) is 0 Å². The highest BCUT2D eigenvalue weighted by atomic mass is 35.7. The molecule has 0 aliphatic heterocycles. The standard InChI is InChI=1S/C10H19ClO2S/c1-9(2,3)5-4-6-10(7-8-10)14(11,12)13/h4-8H2,1-3H3. The molecule has 0 aromatic heterocycles. The van der Waals surface area contributed by atoms with Crippen molar-refractivity contribution in [1.82, 2.24) is 0 Å². The zero-order valence-electron chi connectivity index (χ0n) is 9.14. The van der Waals surface area contributed by atoms with E-state index in [1.165, 1.54) is 0 Å². The fourth-order valence-corrected chi connectivity index (χ4v) is 3.37. The normalized spacial score (nSPS) is 20.9. The Bertz CT molecular complexity index is 297. The molecule has 0 aromatic rings. The Labute approximate surface area is 91.5 Å². The lowest BCUT2D eigenvalue weighted by molar-refractivity contribution is 0.357. The van der Waals surface area contributed by atoms with Gasteiger partial charge in [-0.2, -0.15) is 0 Å². The van der Waals surface area contributed by atoms with Crippen molar-refractivity contribution in [1.29, 1.82) is 0 Å². The molecule has 0 saturated heterocycles. The van der Waals surface area contributed by atoms with Gasteiger partial charge < -0.3 is 0 Å². The minimum Gasteiger partial charge on any atom is -0.212 e. The summed E-state index contributed by atoms with van der Waals surface area (Å²) in [5, 5.41) is 0. The van der Waals surface area contributed by atoms with E-state index < -0.39 is 13.8 Å². The summed E-state index contributed by atoms with van der Waals surface area (Å²) >= 11 is 0. The maximum Gasteiger partial charge on any atom is 0.238 e. The maximum absolute atomic E-state index is 11.2. The van der Waals surface area contributed by atoms with Gasteiger partial charge in [-0.25, -0.2) is 8.42 Å². The largest absolute Gasteiger partial charge is 0.238 e. The molecule has 1 rings (SSSR count). The highest BCUT2D eigenvalue weighted by Crippen LogP contribution is 2.49. The van der Waals surface area contributed by atoms with E-state index in [9.17, 15) is 8.42 Å². The van der Waals surface area contributed by atoms with E-state index in [-0.39, 0.29) is 5.41 Å². The van der Waals surface area contributed by atoms with Gasteiger partial charge in [0.2, 0.25) is 9.05 Å². The molecular formula is C10H19ClO2S. The first-order chi connectivity index (χ1) is 6.16.